The van der Waals surface area contributed by atoms with Crippen LogP contribution in [0.25, 0.3) is 0 Å². The van der Waals surface area contributed by atoms with E-state index in [1.807, 2.05) is 0 Å². The van der Waals surface area contributed by atoms with E-state index in [9.17, 15) is 9.59 Å². The lowest BCUT2D eigenvalue weighted by Gasteiger charge is -2.03. The molecule has 104 valence electrons. The molecule has 0 unspecified atom stereocenters. The Morgan fingerprint density at radius 1 is 1.40 bits per heavy atom. The molecule has 1 aromatic carbocycles. The fraction of sp³-hybridized carbons (Fsp3) is 0.154. The molecule has 2 aromatic rings. The summed E-state index contributed by atoms with van der Waals surface area (Å²) in [6, 6.07) is 6.62. The molecule has 20 heavy (non-hydrogen) atoms. The fourth-order valence-electron chi connectivity index (χ4n) is 1.62. The highest BCUT2D eigenvalue weighted by molar-refractivity contribution is 7.17. The number of benzene rings is 1. The van der Waals surface area contributed by atoms with E-state index >= 15 is 0 Å². The van der Waals surface area contributed by atoms with Gasteiger partial charge in [0.1, 0.15) is 4.88 Å². The summed E-state index contributed by atoms with van der Waals surface area (Å²) in [5.41, 5.74) is 0.774. The number of rotatable bonds is 4. The first kappa shape index (κ1) is 14.5. The lowest BCUT2D eigenvalue weighted by Crippen LogP contribution is -2.12. The number of hydrogen-bond donors (Lipinski definition) is 2. The summed E-state index contributed by atoms with van der Waals surface area (Å²) in [6.45, 7) is 1.81. The molecule has 0 fully saturated rings. The van der Waals surface area contributed by atoms with E-state index in [1.54, 1.807) is 31.2 Å². The van der Waals surface area contributed by atoms with Crippen molar-refractivity contribution < 1.29 is 14.7 Å². The number of hydrogen-bond acceptors (Lipinski definition) is 4. The number of anilines is 1. The third-order valence-corrected chi connectivity index (χ3v) is 3.90. The van der Waals surface area contributed by atoms with Crippen molar-refractivity contribution in [2.24, 2.45) is 0 Å². The highest BCUT2D eigenvalue weighted by atomic mass is 35.5. The first-order valence-electron chi connectivity index (χ1n) is 5.81. The molecular formula is C13H11ClN2O3S. The number of nitrogens with zero attached hydrogens (tertiary/aromatic N) is 1. The van der Waals surface area contributed by atoms with Crippen molar-refractivity contribution in [3.8, 4) is 0 Å². The second kappa shape index (κ2) is 6.02. The Morgan fingerprint density at radius 2 is 2.10 bits per heavy atom. The van der Waals surface area contributed by atoms with Gasteiger partial charge in [-0.3, -0.25) is 10.1 Å². The SMILES string of the molecule is CCc1nc(NC(=O)c2ccccc2Cl)sc1C(=O)O. The van der Waals surface area contributed by atoms with Crippen molar-refractivity contribution in [3.63, 3.8) is 0 Å². The Morgan fingerprint density at radius 3 is 2.65 bits per heavy atom. The molecule has 1 heterocycles. The third kappa shape index (κ3) is 2.97. The van der Waals surface area contributed by atoms with Crippen molar-refractivity contribution in [3.05, 3.63) is 45.4 Å². The second-order valence-electron chi connectivity index (χ2n) is 3.89. The van der Waals surface area contributed by atoms with E-state index in [0.717, 1.165) is 11.3 Å². The number of amides is 1. The molecule has 2 N–H and O–H groups in total. The average molecular weight is 311 g/mol. The summed E-state index contributed by atoms with van der Waals surface area (Å²) in [5, 5.41) is 12.2. The Labute approximate surface area is 124 Å². The van der Waals surface area contributed by atoms with E-state index < -0.39 is 11.9 Å². The number of carbonyl (C=O) groups excluding carboxylic acids is 1. The second-order valence-corrected chi connectivity index (χ2v) is 5.29. The van der Waals surface area contributed by atoms with Crippen molar-refractivity contribution in [2.75, 3.05) is 5.32 Å². The lowest BCUT2D eigenvalue weighted by molar-refractivity contribution is 0.0700. The number of carbonyl (C=O) groups is 2. The normalized spacial score (nSPS) is 10.3. The van der Waals surface area contributed by atoms with E-state index in [-0.39, 0.29) is 10.0 Å². The summed E-state index contributed by atoms with van der Waals surface area (Å²) in [4.78, 5) is 27.3. The number of nitrogens with one attached hydrogen (secondary N) is 1. The molecule has 0 bridgehead atoms. The van der Waals surface area contributed by atoms with Crippen LogP contribution in [0.2, 0.25) is 5.02 Å². The van der Waals surface area contributed by atoms with Crippen LogP contribution < -0.4 is 5.32 Å². The molecule has 1 amide bonds. The standard InChI is InChI=1S/C13H11ClN2O3S/c1-2-9-10(12(18)19)20-13(15-9)16-11(17)7-5-3-4-6-8(7)14/h3-6H,2H2,1H3,(H,18,19)(H,15,16,17). The Hall–Kier alpha value is -1.92. The van der Waals surface area contributed by atoms with Crippen LogP contribution >= 0.6 is 22.9 Å². The molecule has 0 aliphatic carbocycles. The minimum Gasteiger partial charge on any atom is -0.477 e. The van der Waals surface area contributed by atoms with Gasteiger partial charge >= 0.3 is 5.97 Å². The summed E-state index contributed by atoms with van der Waals surface area (Å²) in [6.07, 6.45) is 0.486. The van der Waals surface area contributed by atoms with Gasteiger partial charge < -0.3 is 5.11 Å². The zero-order valence-corrected chi connectivity index (χ0v) is 12.1. The van der Waals surface area contributed by atoms with Crippen molar-refractivity contribution >= 4 is 39.9 Å². The minimum atomic E-state index is -1.04. The molecule has 0 saturated heterocycles. The summed E-state index contributed by atoms with van der Waals surface area (Å²) in [7, 11) is 0. The topological polar surface area (TPSA) is 79.3 Å². The minimum absolute atomic E-state index is 0.141. The molecule has 0 spiro atoms. The predicted molar refractivity (Wildman–Crippen MR) is 77.9 cm³/mol. The smallest absolute Gasteiger partial charge is 0.347 e. The van der Waals surface area contributed by atoms with Crippen LogP contribution in [-0.4, -0.2) is 22.0 Å². The largest absolute Gasteiger partial charge is 0.477 e. The van der Waals surface area contributed by atoms with Crippen molar-refractivity contribution in [2.45, 2.75) is 13.3 Å². The van der Waals surface area contributed by atoms with Gasteiger partial charge in [-0.1, -0.05) is 42.0 Å². The number of thiazole rings is 1. The quantitative estimate of drug-likeness (QED) is 0.908. The molecule has 0 saturated carbocycles. The Bertz CT molecular complexity index is 669. The molecular weight excluding hydrogens is 300 g/mol. The van der Waals surface area contributed by atoms with Gasteiger partial charge in [-0.2, -0.15) is 0 Å². The molecule has 0 atom stereocenters. The summed E-state index contributed by atoms with van der Waals surface area (Å²) < 4.78 is 0. The maximum Gasteiger partial charge on any atom is 0.347 e. The third-order valence-electron chi connectivity index (χ3n) is 2.57. The van der Waals surface area contributed by atoms with Crippen molar-refractivity contribution in [1.82, 2.24) is 4.98 Å². The van der Waals surface area contributed by atoms with Gasteiger partial charge in [0, 0.05) is 0 Å². The van der Waals surface area contributed by atoms with E-state index in [1.165, 1.54) is 0 Å². The monoisotopic (exact) mass is 310 g/mol. The molecule has 1 aromatic heterocycles. The van der Waals surface area contributed by atoms with E-state index in [4.69, 9.17) is 16.7 Å². The zero-order valence-electron chi connectivity index (χ0n) is 10.5. The van der Waals surface area contributed by atoms with Crippen molar-refractivity contribution in [1.29, 1.82) is 0 Å². The zero-order chi connectivity index (χ0) is 14.7. The van der Waals surface area contributed by atoms with Crippen LogP contribution in [-0.2, 0) is 6.42 Å². The maximum atomic E-state index is 12.0. The van der Waals surface area contributed by atoms with Gasteiger partial charge in [0.15, 0.2) is 5.13 Å². The maximum absolute atomic E-state index is 12.0. The molecule has 0 radical (unpaired) electrons. The highest BCUT2D eigenvalue weighted by Crippen LogP contribution is 2.25. The molecule has 5 nitrogen and oxygen atoms in total. The van der Waals surface area contributed by atoms with Gasteiger partial charge in [0.2, 0.25) is 0 Å². The van der Waals surface area contributed by atoms with Gasteiger partial charge in [-0.05, 0) is 18.6 Å². The Balaban J connectivity index is 2.25. The Kier molecular flexibility index (Phi) is 4.36. The van der Waals surface area contributed by atoms with Crippen LogP contribution in [0.5, 0.6) is 0 Å². The summed E-state index contributed by atoms with van der Waals surface area (Å²) in [5.74, 6) is -1.46. The van der Waals surface area contributed by atoms with Crippen LogP contribution in [0.4, 0.5) is 5.13 Å². The number of aromatic nitrogens is 1. The van der Waals surface area contributed by atoms with Gasteiger partial charge in [-0.15, -0.1) is 0 Å². The number of carboxylic acids is 1. The number of carboxylic acid groups (broad SMARTS) is 1. The van der Waals surface area contributed by atoms with Crippen LogP contribution in [0.1, 0.15) is 32.6 Å². The lowest BCUT2D eigenvalue weighted by atomic mass is 10.2. The molecule has 0 aliphatic heterocycles. The highest BCUT2D eigenvalue weighted by Gasteiger charge is 2.18. The van der Waals surface area contributed by atoms with Gasteiger partial charge in [0.05, 0.1) is 16.3 Å². The van der Waals surface area contributed by atoms with Gasteiger partial charge in [0.25, 0.3) is 5.91 Å². The number of aryl methyl sites for hydroxylation is 1. The molecule has 7 heteroatoms. The first-order valence-corrected chi connectivity index (χ1v) is 7.01. The molecule has 2 rings (SSSR count). The first-order chi connectivity index (χ1) is 9.52. The van der Waals surface area contributed by atoms with Crippen LogP contribution in [0.3, 0.4) is 0 Å². The van der Waals surface area contributed by atoms with E-state index in [0.29, 0.717) is 22.7 Å². The molecule has 0 aliphatic rings. The van der Waals surface area contributed by atoms with Gasteiger partial charge in [-0.25, -0.2) is 9.78 Å². The van der Waals surface area contributed by atoms with Crippen LogP contribution in [0, 0.1) is 0 Å². The van der Waals surface area contributed by atoms with Crippen LogP contribution in [0.15, 0.2) is 24.3 Å². The number of halogens is 1. The van der Waals surface area contributed by atoms with E-state index in [2.05, 4.69) is 10.3 Å². The summed E-state index contributed by atoms with van der Waals surface area (Å²) >= 11 is 6.86. The number of aromatic carboxylic acids is 1. The fourth-order valence-corrected chi connectivity index (χ4v) is 2.73. The average Bonchev–Trinajstić information content (AvgIpc) is 2.82. The predicted octanol–water partition coefficient (Wildman–Crippen LogP) is 3.31.